The van der Waals surface area contributed by atoms with Crippen LogP contribution in [-0.4, -0.2) is 75.1 Å². The van der Waals surface area contributed by atoms with Gasteiger partial charge in [0, 0.05) is 45.5 Å². The SMILES string of the molecule is COc1c(C(=O)O)cccc1C(=O)N1CCCN(Cc2cn(CCc3ccccc3)nn2)CC1. The van der Waals surface area contributed by atoms with Crippen molar-refractivity contribution < 1.29 is 19.4 Å². The highest BCUT2D eigenvalue weighted by molar-refractivity contribution is 6.02. The van der Waals surface area contributed by atoms with Crippen LogP contribution in [0.25, 0.3) is 0 Å². The Hall–Kier alpha value is -3.72. The number of aryl methyl sites for hydroxylation is 2. The van der Waals surface area contributed by atoms with Gasteiger partial charge in [-0.1, -0.05) is 41.6 Å². The molecule has 3 aromatic rings. The first-order valence-corrected chi connectivity index (χ1v) is 11.4. The van der Waals surface area contributed by atoms with Crippen molar-refractivity contribution in [1.29, 1.82) is 0 Å². The Morgan fingerprint density at radius 2 is 1.79 bits per heavy atom. The molecule has 1 aliphatic heterocycles. The first-order chi connectivity index (χ1) is 16.5. The van der Waals surface area contributed by atoms with Crippen molar-refractivity contribution in [3.63, 3.8) is 0 Å². The molecule has 4 rings (SSSR count). The molecule has 2 heterocycles. The molecule has 178 valence electrons. The van der Waals surface area contributed by atoms with Crippen molar-refractivity contribution in [2.75, 3.05) is 33.3 Å². The summed E-state index contributed by atoms with van der Waals surface area (Å²) in [6.07, 6.45) is 3.70. The fourth-order valence-electron chi connectivity index (χ4n) is 4.23. The summed E-state index contributed by atoms with van der Waals surface area (Å²) in [6, 6.07) is 14.9. The molecule has 1 amide bonds. The van der Waals surface area contributed by atoms with Crippen molar-refractivity contribution in [3.05, 3.63) is 77.1 Å². The number of nitrogens with zero attached hydrogens (tertiary/aromatic N) is 5. The highest BCUT2D eigenvalue weighted by Gasteiger charge is 2.25. The Balaban J connectivity index is 1.34. The van der Waals surface area contributed by atoms with E-state index in [1.807, 2.05) is 29.1 Å². The molecule has 0 bridgehead atoms. The number of aromatic nitrogens is 3. The van der Waals surface area contributed by atoms with E-state index >= 15 is 0 Å². The number of carboxylic acid groups (broad SMARTS) is 1. The molecule has 2 aromatic carbocycles. The molecule has 0 saturated carbocycles. The van der Waals surface area contributed by atoms with E-state index in [2.05, 4.69) is 27.3 Å². The van der Waals surface area contributed by atoms with Crippen LogP contribution in [0.15, 0.2) is 54.7 Å². The Morgan fingerprint density at radius 1 is 1.00 bits per heavy atom. The van der Waals surface area contributed by atoms with Gasteiger partial charge in [0.25, 0.3) is 5.91 Å². The zero-order valence-corrected chi connectivity index (χ0v) is 19.3. The second kappa shape index (κ2) is 10.9. The van der Waals surface area contributed by atoms with Crippen molar-refractivity contribution in [2.45, 2.75) is 25.9 Å². The van der Waals surface area contributed by atoms with Gasteiger partial charge in [-0.05, 0) is 30.5 Å². The van der Waals surface area contributed by atoms with Crippen LogP contribution in [0.5, 0.6) is 5.75 Å². The average Bonchev–Trinajstić information content (AvgIpc) is 3.18. The molecular weight excluding hydrogens is 434 g/mol. The van der Waals surface area contributed by atoms with Crippen LogP contribution in [0.3, 0.4) is 0 Å². The van der Waals surface area contributed by atoms with E-state index < -0.39 is 5.97 Å². The summed E-state index contributed by atoms with van der Waals surface area (Å²) < 4.78 is 7.15. The fourth-order valence-corrected chi connectivity index (χ4v) is 4.23. The van der Waals surface area contributed by atoms with Gasteiger partial charge in [-0.15, -0.1) is 5.10 Å². The van der Waals surface area contributed by atoms with Gasteiger partial charge >= 0.3 is 5.97 Å². The lowest BCUT2D eigenvalue weighted by atomic mass is 10.1. The molecule has 9 nitrogen and oxygen atoms in total. The van der Waals surface area contributed by atoms with Crippen LogP contribution < -0.4 is 4.74 Å². The van der Waals surface area contributed by atoms with Gasteiger partial charge in [-0.25, -0.2) is 4.79 Å². The average molecular weight is 464 g/mol. The number of ether oxygens (including phenoxy) is 1. The highest BCUT2D eigenvalue weighted by atomic mass is 16.5. The molecule has 1 saturated heterocycles. The third-order valence-corrected chi connectivity index (χ3v) is 6.00. The lowest BCUT2D eigenvalue weighted by Gasteiger charge is -2.22. The van der Waals surface area contributed by atoms with E-state index in [0.717, 1.165) is 31.6 Å². The number of benzene rings is 2. The normalized spacial score (nSPS) is 14.6. The van der Waals surface area contributed by atoms with Crippen molar-refractivity contribution in [3.8, 4) is 5.75 Å². The number of hydrogen-bond donors (Lipinski definition) is 1. The second-order valence-corrected chi connectivity index (χ2v) is 8.32. The van der Waals surface area contributed by atoms with Crippen LogP contribution in [0.4, 0.5) is 0 Å². The molecule has 34 heavy (non-hydrogen) atoms. The number of aromatic carboxylic acids is 1. The van der Waals surface area contributed by atoms with Gasteiger partial charge in [-0.2, -0.15) is 0 Å². The largest absolute Gasteiger partial charge is 0.495 e. The molecule has 9 heteroatoms. The molecule has 0 aliphatic carbocycles. The van der Waals surface area contributed by atoms with Crippen LogP contribution in [-0.2, 0) is 19.5 Å². The molecule has 0 radical (unpaired) electrons. The molecule has 1 N–H and O–H groups in total. The minimum Gasteiger partial charge on any atom is -0.495 e. The standard InChI is InChI=1S/C25H29N5O4/c1-34-23-21(9-5-10-22(23)25(32)33)24(31)29-13-6-12-28(15-16-29)17-20-18-30(27-26-20)14-11-19-7-3-2-4-8-19/h2-5,7-10,18H,6,11-17H2,1H3,(H,32,33). The lowest BCUT2D eigenvalue weighted by Crippen LogP contribution is -2.35. The predicted octanol–water partition coefficient (Wildman–Crippen LogP) is 2.58. The van der Waals surface area contributed by atoms with Gasteiger partial charge < -0.3 is 14.7 Å². The summed E-state index contributed by atoms with van der Waals surface area (Å²) in [5, 5.41) is 18.0. The summed E-state index contributed by atoms with van der Waals surface area (Å²) in [5.74, 6) is -1.23. The zero-order valence-electron chi connectivity index (χ0n) is 19.3. The summed E-state index contributed by atoms with van der Waals surface area (Å²) in [5.41, 5.74) is 2.43. The Morgan fingerprint density at radius 3 is 2.56 bits per heavy atom. The number of amides is 1. The third kappa shape index (κ3) is 5.60. The molecular formula is C25H29N5O4. The van der Waals surface area contributed by atoms with Gasteiger partial charge in [0.15, 0.2) is 0 Å². The number of rotatable bonds is 8. The third-order valence-electron chi connectivity index (χ3n) is 6.00. The zero-order chi connectivity index (χ0) is 23.9. The van der Waals surface area contributed by atoms with Crippen molar-refractivity contribution in [2.24, 2.45) is 0 Å². The Kier molecular flexibility index (Phi) is 7.54. The summed E-state index contributed by atoms with van der Waals surface area (Å²) in [4.78, 5) is 28.7. The second-order valence-electron chi connectivity index (χ2n) is 8.32. The highest BCUT2D eigenvalue weighted by Crippen LogP contribution is 2.26. The molecule has 0 spiro atoms. The molecule has 0 atom stereocenters. The monoisotopic (exact) mass is 463 g/mol. The summed E-state index contributed by atoms with van der Waals surface area (Å²) >= 11 is 0. The topological polar surface area (TPSA) is 101 Å². The Bertz CT molecular complexity index is 1130. The van der Waals surface area contributed by atoms with Crippen LogP contribution >= 0.6 is 0 Å². The number of carbonyl (C=O) groups is 2. The molecule has 1 fully saturated rings. The summed E-state index contributed by atoms with van der Waals surface area (Å²) in [7, 11) is 1.38. The maximum Gasteiger partial charge on any atom is 0.339 e. The maximum atomic E-state index is 13.2. The molecule has 1 aliphatic rings. The maximum absolute atomic E-state index is 13.2. The van der Waals surface area contributed by atoms with Crippen molar-refractivity contribution in [1.82, 2.24) is 24.8 Å². The minimum absolute atomic E-state index is 0.0138. The van der Waals surface area contributed by atoms with Crippen molar-refractivity contribution >= 4 is 11.9 Å². The molecule has 1 aromatic heterocycles. The van der Waals surface area contributed by atoms with E-state index in [4.69, 9.17) is 4.74 Å². The van der Waals surface area contributed by atoms with Gasteiger partial charge in [0.1, 0.15) is 11.3 Å². The number of methoxy groups -OCH3 is 1. The number of carboxylic acids is 1. The minimum atomic E-state index is -1.12. The van der Waals surface area contributed by atoms with E-state index in [9.17, 15) is 14.7 Å². The fraction of sp³-hybridized carbons (Fsp3) is 0.360. The van der Waals surface area contributed by atoms with E-state index in [1.165, 1.54) is 18.7 Å². The van der Waals surface area contributed by atoms with E-state index in [1.54, 1.807) is 17.0 Å². The smallest absolute Gasteiger partial charge is 0.339 e. The number of hydrogen-bond acceptors (Lipinski definition) is 6. The number of para-hydroxylation sites is 1. The first-order valence-electron chi connectivity index (χ1n) is 11.4. The van der Waals surface area contributed by atoms with E-state index in [-0.39, 0.29) is 22.8 Å². The quantitative estimate of drug-likeness (QED) is 0.548. The molecule has 0 unspecified atom stereocenters. The van der Waals surface area contributed by atoms with Gasteiger partial charge in [-0.3, -0.25) is 14.4 Å². The van der Waals surface area contributed by atoms with Crippen LogP contribution in [0, 0.1) is 0 Å². The van der Waals surface area contributed by atoms with Crippen LogP contribution in [0.2, 0.25) is 0 Å². The lowest BCUT2D eigenvalue weighted by molar-refractivity contribution is 0.0693. The van der Waals surface area contributed by atoms with Crippen LogP contribution in [0.1, 0.15) is 38.4 Å². The van der Waals surface area contributed by atoms with Gasteiger partial charge in [0.2, 0.25) is 0 Å². The Labute approximate surface area is 198 Å². The van der Waals surface area contributed by atoms with Gasteiger partial charge in [0.05, 0.1) is 18.4 Å². The van der Waals surface area contributed by atoms with E-state index in [0.29, 0.717) is 26.2 Å². The summed E-state index contributed by atoms with van der Waals surface area (Å²) in [6.45, 7) is 4.12. The first kappa shape index (κ1) is 23.4. The number of carbonyl (C=O) groups excluding carboxylic acids is 1. The predicted molar refractivity (Wildman–Crippen MR) is 126 cm³/mol.